The highest BCUT2D eigenvalue weighted by molar-refractivity contribution is 5.85. The van der Waals surface area contributed by atoms with Gasteiger partial charge in [0.2, 0.25) is 0 Å². The molecule has 0 bridgehead atoms. The quantitative estimate of drug-likeness (QED) is 0.122. The highest BCUT2D eigenvalue weighted by Crippen LogP contribution is 2.18. The molecule has 0 rings (SSSR count). The molecule has 0 radical (unpaired) electrons. The summed E-state index contributed by atoms with van der Waals surface area (Å²) in [4.78, 5) is 46.9. The van der Waals surface area contributed by atoms with Gasteiger partial charge in [-0.2, -0.15) is 0 Å². The second kappa shape index (κ2) is 37.8. The minimum absolute atomic E-state index is 0.156. The van der Waals surface area contributed by atoms with E-state index in [0.29, 0.717) is 12.8 Å². The Morgan fingerprint density at radius 2 is 0.600 bits per heavy atom. The summed E-state index contributed by atoms with van der Waals surface area (Å²) in [5.41, 5.74) is -0.981. The monoisotopic (exact) mass is 656 g/mol. The number of carbonyl (C=O) groups is 5. The van der Waals surface area contributed by atoms with Gasteiger partial charge in [-0.1, -0.05) is 46.7 Å². The van der Waals surface area contributed by atoms with Crippen LogP contribution >= 0.6 is 0 Å². The zero-order valence-corrected chi connectivity index (χ0v) is 26.4. The Balaban J connectivity index is -0.0000000761. The molecule has 11 N–H and O–H groups in total. The summed E-state index contributed by atoms with van der Waals surface area (Å²) in [6, 6.07) is 0. The van der Waals surface area contributed by atoms with Crippen molar-refractivity contribution in [3.63, 3.8) is 0 Å². The summed E-state index contributed by atoms with van der Waals surface area (Å²) in [6.45, 7) is 20.8. The van der Waals surface area contributed by atoms with E-state index in [2.05, 4.69) is 32.9 Å². The number of carboxylic acids is 5. The second-order valence-electron chi connectivity index (χ2n) is 8.45. The van der Waals surface area contributed by atoms with E-state index in [-0.39, 0.29) is 50.8 Å². The molecule has 264 valence electrons. The van der Waals surface area contributed by atoms with E-state index in [4.69, 9.17) is 56.2 Å². The van der Waals surface area contributed by atoms with Gasteiger partial charge in [0.05, 0.1) is 39.6 Å². The highest BCUT2D eigenvalue weighted by Gasteiger charge is 2.25. The van der Waals surface area contributed by atoms with Gasteiger partial charge >= 0.3 is 29.8 Å². The molecule has 0 aliphatic rings. The lowest BCUT2D eigenvalue weighted by atomic mass is 9.88. The molecule has 0 saturated carbocycles. The molecule has 0 aliphatic carbocycles. The van der Waals surface area contributed by atoms with Crippen LogP contribution in [-0.2, 0) is 24.0 Å². The number of hydrogen-bond acceptors (Lipinski definition) is 11. The number of rotatable bonds is 13. The molecule has 0 fully saturated rings. The number of aliphatic hydroxyl groups is 6. The van der Waals surface area contributed by atoms with Crippen molar-refractivity contribution in [1.29, 1.82) is 0 Å². The van der Waals surface area contributed by atoms with Crippen molar-refractivity contribution in [3.8, 4) is 0 Å². The van der Waals surface area contributed by atoms with Gasteiger partial charge in [0, 0.05) is 40.2 Å². The van der Waals surface area contributed by atoms with E-state index >= 15 is 0 Å². The molecular formula is C29H52O16. The van der Waals surface area contributed by atoms with Gasteiger partial charge < -0.3 is 56.2 Å². The molecule has 0 aliphatic heterocycles. The van der Waals surface area contributed by atoms with Crippen molar-refractivity contribution in [1.82, 2.24) is 0 Å². The average molecular weight is 657 g/mol. The molecular weight excluding hydrogens is 604 g/mol. The first kappa shape index (κ1) is 56.6. The maximum atomic E-state index is 9.60. The van der Waals surface area contributed by atoms with Gasteiger partial charge in [-0.25, -0.2) is 24.0 Å². The molecule has 16 nitrogen and oxygen atoms in total. The van der Waals surface area contributed by atoms with Crippen LogP contribution in [0.4, 0.5) is 0 Å². The summed E-state index contributed by atoms with van der Waals surface area (Å²) in [5, 5.41) is 90.5. The Morgan fingerprint density at radius 1 is 0.489 bits per heavy atom. The molecule has 0 heterocycles. The van der Waals surface area contributed by atoms with Gasteiger partial charge in [0.1, 0.15) is 0 Å². The SMILES string of the molecule is C=C(C)C(=O)O.C=C(C)C(=O)O.C=CC(=O)O.C=CC(=O)O.C=CC(=O)O.CCC(CO)(CO)CO.CCC(CO)(CO)CO. The van der Waals surface area contributed by atoms with Gasteiger partial charge in [0.25, 0.3) is 0 Å². The predicted octanol–water partition coefficient (Wildman–Crippen LogP) is 0.785. The maximum Gasteiger partial charge on any atom is 0.330 e. The van der Waals surface area contributed by atoms with E-state index in [1.165, 1.54) is 13.8 Å². The zero-order chi connectivity index (χ0) is 37.8. The molecule has 45 heavy (non-hydrogen) atoms. The van der Waals surface area contributed by atoms with Crippen molar-refractivity contribution in [2.75, 3.05) is 39.6 Å². The molecule has 16 heteroatoms. The minimum atomic E-state index is -0.981. The standard InChI is InChI=1S/2C6H14O3.2C4H6O2.3C3H4O2/c2*1-2-6(3-7,4-8)5-9;2*1-3(2)4(5)6;3*1-2-3(4)5/h2*7-9H,2-5H2,1H3;2*1H2,2H3,(H,5,6);3*2H,1H2,(H,4,5). The van der Waals surface area contributed by atoms with Crippen LogP contribution in [0, 0.1) is 10.8 Å². The summed E-state index contributed by atoms with van der Waals surface area (Å²) in [6.07, 6.45) is 3.69. The van der Waals surface area contributed by atoms with Gasteiger partial charge in [-0.15, -0.1) is 0 Å². The third-order valence-corrected chi connectivity index (χ3v) is 4.77. The Hall–Kier alpha value is -4.19. The molecule has 0 atom stereocenters. The summed E-state index contributed by atoms with van der Waals surface area (Å²) in [7, 11) is 0. The van der Waals surface area contributed by atoms with E-state index in [1.54, 1.807) is 0 Å². The van der Waals surface area contributed by atoms with Crippen molar-refractivity contribution in [3.05, 3.63) is 62.3 Å². The normalized spacial score (nSPS) is 8.93. The van der Waals surface area contributed by atoms with Crippen LogP contribution in [0.1, 0.15) is 40.5 Å². The summed E-state index contributed by atoms with van der Waals surface area (Å²) in [5.74, 6) is -4.81. The third kappa shape index (κ3) is 49.8. The fourth-order valence-corrected chi connectivity index (χ4v) is 0.971. The smallest absolute Gasteiger partial charge is 0.330 e. The fourth-order valence-electron chi connectivity index (χ4n) is 0.971. The fraction of sp³-hybridized carbons (Fsp3) is 0.483. The average Bonchev–Trinajstić information content (AvgIpc) is 3.01. The molecule has 0 aromatic rings. The summed E-state index contributed by atoms with van der Waals surface area (Å²) >= 11 is 0. The first-order valence-electron chi connectivity index (χ1n) is 12.6. The minimum Gasteiger partial charge on any atom is -0.478 e. The Bertz CT molecular complexity index is 724. The van der Waals surface area contributed by atoms with Crippen LogP contribution in [0.2, 0.25) is 0 Å². The summed E-state index contributed by atoms with van der Waals surface area (Å²) < 4.78 is 0. The molecule has 0 aromatic heterocycles. The molecule has 0 saturated heterocycles. The molecule has 0 aromatic carbocycles. The third-order valence-electron chi connectivity index (χ3n) is 4.77. The van der Waals surface area contributed by atoms with Gasteiger partial charge in [-0.05, 0) is 26.7 Å². The van der Waals surface area contributed by atoms with E-state index in [0.717, 1.165) is 18.2 Å². The first-order valence-corrected chi connectivity index (χ1v) is 12.6. The second-order valence-corrected chi connectivity index (χ2v) is 8.45. The van der Waals surface area contributed by atoms with Gasteiger partial charge in [-0.3, -0.25) is 0 Å². The molecule has 0 unspecified atom stereocenters. The van der Waals surface area contributed by atoms with Crippen LogP contribution in [0.15, 0.2) is 62.3 Å². The lowest BCUT2D eigenvalue weighted by Gasteiger charge is -2.24. The predicted molar refractivity (Wildman–Crippen MR) is 166 cm³/mol. The van der Waals surface area contributed by atoms with E-state index in [9.17, 15) is 24.0 Å². The Kier molecular flexibility index (Phi) is 47.6. The lowest BCUT2D eigenvalue weighted by molar-refractivity contribution is -0.133. The van der Waals surface area contributed by atoms with Gasteiger partial charge in [0.15, 0.2) is 0 Å². The van der Waals surface area contributed by atoms with Crippen molar-refractivity contribution in [2.24, 2.45) is 10.8 Å². The number of aliphatic carboxylic acids is 5. The van der Waals surface area contributed by atoms with Crippen molar-refractivity contribution < 1.29 is 80.1 Å². The van der Waals surface area contributed by atoms with Crippen molar-refractivity contribution in [2.45, 2.75) is 40.5 Å². The van der Waals surface area contributed by atoms with E-state index < -0.39 is 40.7 Å². The highest BCUT2D eigenvalue weighted by atomic mass is 16.4. The van der Waals surface area contributed by atoms with Crippen LogP contribution in [0.5, 0.6) is 0 Å². The number of carboxylic acid groups (broad SMARTS) is 5. The number of aliphatic hydroxyl groups excluding tert-OH is 6. The van der Waals surface area contributed by atoms with Crippen LogP contribution in [-0.4, -0.2) is 126 Å². The topological polar surface area (TPSA) is 308 Å². The number of hydrogen-bond donors (Lipinski definition) is 11. The molecule has 0 spiro atoms. The zero-order valence-electron chi connectivity index (χ0n) is 26.4. The first-order chi connectivity index (χ1) is 20.6. The van der Waals surface area contributed by atoms with Crippen LogP contribution < -0.4 is 0 Å². The molecule has 0 amide bonds. The lowest BCUT2D eigenvalue weighted by Crippen LogP contribution is -2.32. The Morgan fingerprint density at radius 3 is 0.600 bits per heavy atom. The van der Waals surface area contributed by atoms with Crippen molar-refractivity contribution >= 4 is 29.8 Å². The Labute approximate surface area is 263 Å². The van der Waals surface area contributed by atoms with Crippen LogP contribution in [0.3, 0.4) is 0 Å². The maximum absolute atomic E-state index is 9.60. The van der Waals surface area contributed by atoms with Crippen LogP contribution in [0.25, 0.3) is 0 Å². The van der Waals surface area contributed by atoms with E-state index in [1.807, 2.05) is 13.8 Å². The largest absolute Gasteiger partial charge is 0.478 e.